The van der Waals surface area contributed by atoms with Crippen molar-refractivity contribution in [1.29, 1.82) is 0 Å². The third-order valence-electron chi connectivity index (χ3n) is 2.23. The average molecular weight is 239 g/mol. The number of nitrogens with one attached hydrogen (secondary N) is 1. The number of pyridine rings is 1. The smallest absolute Gasteiger partial charge is 0.270 e. The summed E-state index contributed by atoms with van der Waals surface area (Å²) in [5.74, 6) is 0.172. The Labute approximate surface area is 100 Å². The Hall–Kier alpha value is -1.23. The van der Waals surface area contributed by atoms with E-state index in [0.717, 1.165) is 0 Å². The van der Waals surface area contributed by atoms with Crippen molar-refractivity contribution in [2.45, 2.75) is 18.6 Å². The number of hydrogen-bond acceptors (Lipinski definition) is 4. The van der Waals surface area contributed by atoms with Gasteiger partial charge in [-0.25, -0.2) is 4.98 Å². The summed E-state index contributed by atoms with van der Waals surface area (Å²) >= 11 is 1.71. The highest BCUT2D eigenvalue weighted by molar-refractivity contribution is 7.99. The number of hydrogen-bond donors (Lipinski definition) is 2. The van der Waals surface area contributed by atoms with E-state index in [9.17, 15) is 4.79 Å². The van der Waals surface area contributed by atoms with Crippen molar-refractivity contribution in [1.82, 2.24) is 10.3 Å². The SMILES string of the molecule is CSC(C)(C)CNC(=O)c1cccc(N)n1. The molecule has 4 nitrogen and oxygen atoms in total. The van der Waals surface area contributed by atoms with Gasteiger partial charge in [0.25, 0.3) is 5.91 Å². The molecule has 5 heteroatoms. The lowest BCUT2D eigenvalue weighted by atomic mass is 10.2. The highest BCUT2D eigenvalue weighted by Gasteiger charge is 2.17. The Kier molecular flexibility index (Phi) is 4.18. The second-order valence-electron chi connectivity index (χ2n) is 4.09. The van der Waals surface area contributed by atoms with Crippen LogP contribution < -0.4 is 11.1 Å². The van der Waals surface area contributed by atoms with Crippen molar-refractivity contribution >= 4 is 23.5 Å². The molecule has 0 bridgehead atoms. The maximum absolute atomic E-state index is 11.7. The number of nitrogens with two attached hydrogens (primary N) is 1. The molecule has 1 heterocycles. The molecule has 1 amide bonds. The Morgan fingerprint density at radius 1 is 1.56 bits per heavy atom. The summed E-state index contributed by atoms with van der Waals surface area (Å²) in [6.07, 6.45) is 2.02. The van der Waals surface area contributed by atoms with Gasteiger partial charge < -0.3 is 11.1 Å². The average Bonchev–Trinajstić information content (AvgIpc) is 2.26. The fraction of sp³-hybridized carbons (Fsp3) is 0.455. The summed E-state index contributed by atoms with van der Waals surface area (Å²) in [4.78, 5) is 15.7. The first-order valence-corrected chi connectivity index (χ1v) is 6.23. The van der Waals surface area contributed by atoms with Crippen molar-refractivity contribution in [3.05, 3.63) is 23.9 Å². The van der Waals surface area contributed by atoms with E-state index in [4.69, 9.17) is 5.73 Å². The molecule has 0 radical (unpaired) electrons. The van der Waals surface area contributed by atoms with Gasteiger partial charge in [-0.2, -0.15) is 11.8 Å². The molecule has 0 spiro atoms. The van der Waals surface area contributed by atoms with Crippen molar-refractivity contribution in [2.24, 2.45) is 0 Å². The number of rotatable bonds is 4. The number of aromatic nitrogens is 1. The van der Waals surface area contributed by atoms with Gasteiger partial charge in [0.2, 0.25) is 0 Å². The minimum atomic E-state index is -0.186. The third-order valence-corrected chi connectivity index (χ3v) is 3.48. The van der Waals surface area contributed by atoms with Gasteiger partial charge in [0.1, 0.15) is 11.5 Å². The van der Waals surface area contributed by atoms with Gasteiger partial charge in [0, 0.05) is 11.3 Å². The van der Waals surface area contributed by atoms with Crippen LogP contribution in [0.5, 0.6) is 0 Å². The topological polar surface area (TPSA) is 68.0 Å². The molecule has 16 heavy (non-hydrogen) atoms. The van der Waals surface area contributed by atoms with Gasteiger partial charge in [-0.1, -0.05) is 6.07 Å². The number of carbonyl (C=O) groups excluding carboxylic acids is 1. The second kappa shape index (κ2) is 5.21. The lowest BCUT2D eigenvalue weighted by Gasteiger charge is -2.21. The fourth-order valence-electron chi connectivity index (χ4n) is 1.03. The summed E-state index contributed by atoms with van der Waals surface area (Å²) in [5, 5.41) is 2.84. The molecule has 1 aromatic heterocycles. The van der Waals surface area contributed by atoms with Crippen LogP contribution >= 0.6 is 11.8 Å². The minimum Gasteiger partial charge on any atom is -0.384 e. The number of nitrogen functional groups attached to an aromatic ring is 1. The first kappa shape index (κ1) is 12.8. The van der Waals surface area contributed by atoms with E-state index in [1.54, 1.807) is 30.0 Å². The molecule has 3 N–H and O–H groups in total. The van der Waals surface area contributed by atoms with Crippen LogP contribution in [0, 0.1) is 0 Å². The van der Waals surface area contributed by atoms with E-state index in [1.807, 2.05) is 6.26 Å². The molecule has 0 fully saturated rings. The molecule has 1 aromatic rings. The fourth-order valence-corrected chi connectivity index (χ4v) is 1.25. The monoisotopic (exact) mass is 239 g/mol. The van der Waals surface area contributed by atoms with E-state index >= 15 is 0 Å². The molecular weight excluding hydrogens is 222 g/mol. The Morgan fingerprint density at radius 2 is 2.25 bits per heavy atom. The van der Waals surface area contributed by atoms with Crippen LogP contribution in [-0.2, 0) is 0 Å². The van der Waals surface area contributed by atoms with Gasteiger partial charge in [0.15, 0.2) is 0 Å². The predicted octanol–water partition coefficient (Wildman–Crippen LogP) is 1.54. The number of nitrogens with zero attached hydrogens (tertiary/aromatic N) is 1. The number of carbonyl (C=O) groups is 1. The highest BCUT2D eigenvalue weighted by atomic mass is 32.2. The molecule has 0 atom stereocenters. The Morgan fingerprint density at radius 3 is 2.81 bits per heavy atom. The van der Waals surface area contributed by atoms with Gasteiger partial charge >= 0.3 is 0 Å². The van der Waals surface area contributed by atoms with Crippen molar-refractivity contribution in [3.63, 3.8) is 0 Å². The first-order chi connectivity index (χ1) is 7.44. The summed E-state index contributed by atoms with van der Waals surface area (Å²) in [5.41, 5.74) is 5.87. The zero-order valence-corrected chi connectivity index (χ0v) is 10.6. The number of anilines is 1. The lowest BCUT2D eigenvalue weighted by molar-refractivity contribution is 0.0946. The Balaban J connectivity index is 2.60. The number of amides is 1. The summed E-state index contributed by atoms with van der Waals surface area (Å²) in [6, 6.07) is 5.03. The summed E-state index contributed by atoms with van der Waals surface area (Å²) in [6.45, 7) is 4.75. The standard InChI is InChI=1S/C11H17N3OS/c1-11(2,16-3)7-13-10(15)8-5-4-6-9(12)14-8/h4-6H,7H2,1-3H3,(H2,12,14)(H,13,15). The minimum absolute atomic E-state index is 0.0238. The predicted molar refractivity (Wildman–Crippen MR) is 68.6 cm³/mol. The first-order valence-electron chi connectivity index (χ1n) is 5.00. The van der Waals surface area contributed by atoms with E-state index < -0.39 is 0 Å². The van der Waals surface area contributed by atoms with Gasteiger partial charge in [0.05, 0.1) is 0 Å². The zero-order valence-electron chi connectivity index (χ0n) is 9.78. The van der Waals surface area contributed by atoms with E-state index in [1.165, 1.54) is 0 Å². The van der Waals surface area contributed by atoms with E-state index in [0.29, 0.717) is 18.1 Å². The van der Waals surface area contributed by atoms with Crippen LogP contribution in [0.2, 0.25) is 0 Å². The highest BCUT2D eigenvalue weighted by Crippen LogP contribution is 2.19. The largest absolute Gasteiger partial charge is 0.384 e. The molecule has 0 aromatic carbocycles. The van der Waals surface area contributed by atoms with Gasteiger partial charge in [-0.3, -0.25) is 4.79 Å². The summed E-state index contributed by atoms with van der Waals surface area (Å²) in [7, 11) is 0. The van der Waals surface area contributed by atoms with Crippen LogP contribution in [0.1, 0.15) is 24.3 Å². The molecule has 1 rings (SSSR count). The molecule has 0 saturated heterocycles. The lowest BCUT2D eigenvalue weighted by Crippen LogP contribution is -2.36. The van der Waals surface area contributed by atoms with Crippen molar-refractivity contribution in [3.8, 4) is 0 Å². The van der Waals surface area contributed by atoms with Crippen molar-refractivity contribution in [2.75, 3.05) is 18.5 Å². The van der Waals surface area contributed by atoms with E-state index in [-0.39, 0.29) is 10.7 Å². The van der Waals surface area contributed by atoms with E-state index in [2.05, 4.69) is 24.1 Å². The quantitative estimate of drug-likeness (QED) is 0.836. The number of thioether (sulfide) groups is 1. The van der Waals surface area contributed by atoms with Crippen molar-refractivity contribution < 1.29 is 4.79 Å². The molecule has 0 saturated carbocycles. The molecule has 0 aliphatic rings. The van der Waals surface area contributed by atoms with Gasteiger partial charge in [-0.15, -0.1) is 0 Å². The Bertz CT molecular complexity index is 379. The van der Waals surface area contributed by atoms with Crippen LogP contribution in [0.4, 0.5) is 5.82 Å². The summed E-state index contributed by atoms with van der Waals surface area (Å²) < 4.78 is 0.0238. The molecule has 0 aliphatic heterocycles. The molecule has 88 valence electrons. The molecule has 0 unspecified atom stereocenters. The second-order valence-corrected chi connectivity index (χ2v) is 5.61. The van der Waals surface area contributed by atoms with Crippen LogP contribution in [-0.4, -0.2) is 28.4 Å². The maximum atomic E-state index is 11.7. The van der Waals surface area contributed by atoms with Gasteiger partial charge in [-0.05, 0) is 32.2 Å². The zero-order chi connectivity index (χ0) is 12.2. The normalized spacial score (nSPS) is 11.2. The molecule has 0 aliphatic carbocycles. The van der Waals surface area contributed by atoms with Crippen LogP contribution in [0.3, 0.4) is 0 Å². The maximum Gasteiger partial charge on any atom is 0.270 e. The van der Waals surface area contributed by atoms with Crippen LogP contribution in [0.15, 0.2) is 18.2 Å². The third kappa shape index (κ3) is 3.73. The van der Waals surface area contributed by atoms with Crippen LogP contribution in [0.25, 0.3) is 0 Å². The molecular formula is C11H17N3OS.